The van der Waals surface area contributed by atoms with Gasteiger partial charge in [0.1, 0.15) is 5.75 Å². The number of amides is 1. The first-order chi connectivity index (χ1) is 15.5. The summed E-state index contributed by atoms with van der Waals surface area (Å²) in [5.74, 6) is 0.614. The van der Waals surface area contributed by atoms with Crippen LogP contribution in [-0.2, 0) is 17.9 Å². The Kier molecular flexibility index (Phi) is 6.90. The van der Waals surface area contributed by atoms with Crippen molar-refractivity contribution in [1.29, 1.82) is 0 Å². The summed E-state index contributed by atoms with van der Waals surface area (Å²) in [5.41, 5.74) is 3.10. The molecule has 0 radical (unpaired) electrons. The van der Waals surface area contributed by atoms with E-state index in [4.69, 9.17) is 4.74 Å². The average Bonchev–Trinajstić information content (AvgIpc) is 2.81. The lowest BCUT2D eigenvalue weighted by Crippen LogP contribution is -2.49. The molecule has 1 fully saturated rings. The molecule has 168 valence electrons. The van der Waals surface area contributed by atoms with E-state index >= 15 is 0 Å². The quantitative estimate of drug-likeness (QED) is 0.573. The molecule has 1 saturated heterocycles. The average molecular weight is 434 g/mol. The molecule has 1 amide bonds. The summed E-state index contributed by atoms with van der Waals surface area (Å²) in [6.45, 7) is 8.72. The second-order valence-electron chi connectivity index (χ2n) is 8.43. The van der Waals surface area contributed by atoms with Crippen molar-refractivity contribution in [2.75, 3.05) is 32.8 Å². The lowest BCUT2D eigenvalue weighted by Gasteiger charge is -2.34. The van der Waals surface area contributed by atoms with Crippen molar-refractivity contribution >= 4 is 16.8 Å². The third-order valence-corrected chi connectivity index (χ3v) is 6.07. The number of nitrogens with zero attached hydrogens (tertiary/aromatic N) is 3. The van der Waals surface area contributed by atoms with Crippen molar-refractivity contribution in [2.24, 2.45) is 0 Å². The molecule has 4 rings (SSSR count). The first kappa shape index (κ1) is 22.1. The van der Waals surface area contributed by atoms with E-state index in [9.17, 15) is 9.59 Å². The SMILES string of the molecule is CCCn1c(=O)cc(C)c2ccc(OCC(=O)N3CCN(Cc4ccccc4)CC3)cc21. The molecule has 0 spiro atoms. The van der Waals surface area contributed by atoms with E-state index in [1.54, 1.807) is 10.6 Å². The van der Waals surface area contributed by atoms with E-state index in [2.05, 4.69) is 36.1 Å². The van der Waals surface area contributed by atoms with Crippen LogP contribution in [0.2, 0.25) is 0 Å². The van der Waals surface area contributed by atoms with Crippen LogP contribution in [-0.4, -0.2) is 53.1 Å². The summed E-state index contributed by atoms with van der Waals surface area (Å²) < 4.78 is 7.63. The maximum atomic E-state index is 12.7. The minimum Gasteiger partial charge on any atom is -0.484 e. The van der Waals surface area contributed by atoms with Crippen molar-refractivity contribution in [3.05, 3.63) is 76.1 Å². The highest BCUT2D eigenvalue weighted by atomic mass is 16.5. The zero-order valence-corrected chi connectivity index (χ0v) is 18.9. The summed E-state index contributed by atoms with van der Waals surface area (Å²) in [4.78, 5) is 29.4. The third-order valence-electron chi connectivity index (χ3n) is 6.07. The predicted molar refractivity (Wildman–Crippen MR) is 127 cm³/mol. The highest BCUT2D eigenvalue weighted by molar-refractivity contribution is 5.84. The minimum absolute atomic E-state index is 0.000325. The molecular weight excluding hydrogens is 402 g/mol. The number of aryl methyl sites for hydroxylation is 2. The lowest BCUT2D eigenvalue weighted by molar-refractivity contribution is -0.135. The molecular formula is C26H31N3O3. The van der Waals surface area contributed by atoms with Gasteiger partial charge in [0.25, 0.3) is 11.5 Å². The van der Waals surface area contributed by atoms with Crippen molar-refractivity contribution < 1.29 is 9.53 Å². The molecule has 6 nitrogen and oxygen atoms in total. The van der Waals surface area contributed by atoms with Gasteiger partial charge in [-0.15, -0.1) is 0 Å². The van der Waals surface area contributed by atoms with Gasteiger partial charge in [-0.2, -0.15) is 0 Å². The van der Waals surface area contributed by atoms with Crippen LogP contribution < -0.4 is 10.3 Å². The number of aromatic nitrogens is 1. The Balaban J connectivity index is 1.36. The first-order valence-electron chi connectivity index (χ1n) is 11.4. The Morgan fingerprint density at radius 3 is 2.47 bits per heavy atom. The van der Waals surface area contributed by atoms with Gasteiger partial charge in [-0.05, 0) is 36.6 Å². The molecule has 3 aromatic rings. The van der Waals surface area contributed by atoms with Gasteiger partial charge in [-0.3, -0.25) is 14.5 Å². The van der Waals surface area contributed by atoms with Crippen LogP contribution in [0.1, 0.15) is 24.5 Å². The van der Waals surface area contributed by atoms with Crippen LogP contribution in [0.3, 0.4) is 0 Å². The topological polar surface area (TPSA) is 54.8 Å². The fourth-order valence-electron chi connectivity index (χ4n) is 4.31. The summed E-state index contributed by atoms with van der Waals surface area (Å²) in [5, 5.41) is 1.03. The van der Waals surface area contributed by atoms with Crippen LogP contribution >= 0.6 is 0 Å². The van der Waals surface area contributed by atoms with Crippen LogP contribution in [0.25, 0.3) is 10.9 Å². The van der Waals surface area contributed by atoms with Crippen LogP contribution in [0, 0.1) is 6.92 Å². The van der Waals surface area contributed by atoms with E-state index in [-0.39, 0.29) is 18.1 Å². The molecule has 0 unspecified atom stereocenters. The van der Waals surface area contributed by atoms with Gasteiger partial charge in [0.15, 0.2) is 6.61 Å². The summed E-state index contributed by atoms with van der Waals surface area (Å²) >= 11 is 0. The van der Waals surface area contributed by atoms with Gasteiger partial charge in [-0.1, -0.05) is 37.3 Å². The van der Waals surface area contributed by atoms with Crippen molar-refractivity contribution in [2.45, 2.75) is 33.4 Å². The molecule has 1 aliphatic heterocycles. The maximum absolute atomic E-state index is 12.7. The Morgan fingerprint density at radius 1 is 1.00 bits per heavy atom. The minimum atomic E-state index is -0.00144. The second-order valence-corrected chi connectivity index (χ2v) is 8.43. The summed E-state index contributed by atoms with van der Waals surface area (Å²) in [7, 11) is 0. The highest BCUT2D eigenvalue weighted by Crippen LogP contribution is 2.23. The molecule has 6 heteroatoms. The van der Waals surface area contributed by atoms with Gasteiger partial charge in [-0.25, -0.2) is 0 Å². The number of fused-ring (bicyclic) bond motifs is 1. The highest BCUT2D eigenvalue weighted by Gasteiger charge is 2.21. The van der Waals surface area contributed by atoms with E-state index in [0.717, 1.165) is 42.5 Å². The lowest BCUT2D eigenvalue weighted by atomic mass is 10.1. The number of carbonyl (C=O) groups is 1. The van der Waals surface area contributed by atoms with Crippen LogP contribution in [0.5, 0.6) is 5.75 Å². The Morgan fingerprint density at radius 2 is 1.75 bits per heavy atom. The molecule has 0 atom stereocenters. The monoisotopic (exact) mass is 433 g/mol. The molecule has 0 N–H and O–H groups in total. The number of hydrogen-bond acceptors (Lipinski definition) is 4. The standard InChI is InChI=1S/C26H31N3O3/c1-3-11-29-24-17-22(9-10-23(24)20(2)16-25(29)30)32-19-26(31)28-14-12-27(13-15-28)18-21-7-5-4-6-8-21/h4-10,16-17H,3,11-15,18-19H2,1-2H3. The summed E-state index contributed by atoms with van der Waals surface area (Å²) in [6, 6.07) is 17.8. The number of hydrogen-bond donors (Lipinski definition) is 0. The number of carbonyl (C=O) groups excluding carboxylic acids is 1. The Bertz CT molecular complexity index is 1130. The molecule has 2 aromatic carbocycles. The van der Waals surface area contributed by atoms with Crippen molar-refractivity contribution in [1.82, 2.24) is 14.4 Å². The predicted octanol–water partition coefficient (Wildman–Crippen LogP) is 3.44. The molecule has 1 aliphatic rings. The van der Waals surface area contributed by atoms with Gasteiger partial charge in [0.05, 0.1) is 5.52 Å². The van der Waals surface area contributed by atoms with Gasteiger partial charge in [0, 0.05) is 56.8 Å². The largest absolute Gasteiger partial charge is 0.484 e. The van der Waals surface area contributed by atoms with Crippen molar-refractivity contribution in [3.8, 4) is 5.75 Å². The molecule has 0 bridgehead atoms. The zero-order valence-electron chi connectivity index (χ0n) is 18.9. The first-order valence-corrected chi connectivity index (χ1v) is 11.4. The van der Waals surface area contributed by atoms with Gasteiger partial charge >= 0.3 is 0 Å². The number of benzene rings is 2. The number of pyridine rings is 1. The van der Waals surface area contributed by atoms with Crippen molar-refractivity contribution in [3.63, 3.8) is 0 Å². The third kappa shape index (κ3) is 5.02. The van der Waals surface area contributed by atoms with E-state index in [1.807, 2.05) is 36.1 Å². The molecule has 1 aromatic heterocycles. The molecule has 32 heavy (non-hydrogen) atoms. The summed E-state index contributed by atoms with van der Waals surface area (Å²) in [6.07, 6.45) is 0.873. The van der Waals surface area contributed by atoms with Gasteiger partial charge in [0.2, 0.25) is 0 Å². The van der Waals surface area contributed by atoms with E-state index < -0.39 is 0 Å². The van der Waals surface area contributed by atoms with Crippen LogP contribution in [0.4, 0.5) is 0 Å². The fraction of sp³-hybridized carbons (Fsp3) is 0.385. The van der Waals surface area contributed by atoms with Crippen LogP contribution in [0.15, 0.2) is 59.4 Å². The van der Waals surface area contributed by atoms with E-state index in [0.29, 0.717) is 25.4 Å². The number of ether oxygens (including phenoxy) is 1. The van der Waals surface area contributed by atoms with E-state index in [1.165, 1.54) is 5.56 Å². The number of piperazine rings is 1. The number of rotatable bonds is 7. The maximum Gasteiger partial charge on any atom is 0.260 e. The molecule has 2 heterocycles. The second kappa shape index (κ2) is 10.0. The fourth-order valence-corrected chi connectivity index (χ4v) is 4.31. The molecule has 0 saturated carbocycles. The normalized spacial score (nSPS) is 14.6. The van der Waals surface area contributed by atoms with Gasteiger partial charge < -0.3 is 14.2 Å². The molecule has 0 aliphatic carbocycles. The Labute approximate surface area is 189 Å². The Hall–Kier alpha value is -3.12. The smallest absolute Gasteiger partial charge is 0.260 e. The zero-order chi connectivity index (χ0) is 22.5.